The van der Waals surface area contributed by atoms with Crippen molar-refractivity contribution in [1.29, 1.82) is 0 Å². The van der Waals surface area contributed by atoms with Crippen molar-refractivity contribution in [3.05, 3.63) is 35.9 Å². The van der Waals surface area contributed by atoms with Crippen molar-refractivity contribution in [1.82, 2.24) is 20.9 Å². The molecule has 1 saturated carbocycles. The van der Waals surface area contributed by atoms with Crippen molar-refractivity contribution in [3.8, 4) is 0 Å². The van der Waals surface area contributed by atoms with Crippen LogP contribution in [-0.4, -0.2) is 84.5 Å². The summed E-state index contributed by atoms with van der Waals surface area (Å²) >= 11 is 0. The minimum absolute atomic E-state index is 0.0425. The van der Waals surface area contributed by atoms with Gasteiger partial charge >= 0.3 is 6.03 Å². The van der Waals surface area contributed by atoms with Crippen LogP contribution in [0.1, 0.15) is 85.1 Å². The molecule has 10 heteroatoms. The zero-order valence-corrected chi connectivity index (χ0v) is 26.8. The molecule has 3 atom stereocenters. The normalized spacial score (nSPS) is 18.8. The predicted octanol–water partition coefficient (Wildman–Crippen LogP) is 3.76. The van der Waals surface area contributed by atoms with Crippen LogP contribution in [0.5, 0.6) is 0 Å². The number of urea groups is 1. The van der Waals surface area contributed by atoms with Crippen LogP contribution in [0.3, 0.4) is 0 Å². The van der Waals surface area contributed by atoms with E-state index in [9.17, 15) is 19.5 Å². The number of carbonyl (C=O) groups excluding carboxylic acids is 3. The molecule has 242 valence electrons. The Labute approximate surface area is 257 Å². The van der Waals surface area contributed by atoms with E-state index in [1.165, 1.54) is 6.42 Å². The average Bonchev–Trinajstić information content (AvgIpc) is 2.95. The van der Waals surface area contributed by atoms with E-state index in [2.05, 4.69) is 36.7 Å². The molecule has 1 heterocycles. The summed E-state index contributed by atoms with van der Waals surface area (Å²) in [6.45, 7) is 12.1. The molecule has 10 nitrogen and oxygen atoms in total. The Kier molecular flexibility index (Phi) is 13.3. The van der Waals surface area contributed by atoms with E-state index in [1.54, 1.807) is 4.90 Å². The number of hydrogen-bond donors (Lipinski definition) is 4. The van der Waals surface area contributed by atoms with Gasteiger partial charge < -0.3 is 35.4 Å². The van der Waals surface area contributed by atoms with Crippen LogP contribution in [0.25, 0.3) is 0 Å². The summed E-state index contributed by atoms with van der Waals surface area (Å²) in [5.74, 6) is -0.695. The number of aliphatic hydroxyl groups excluding tert-OH is 1. The molecule has 0 bridgehead atoms. The SMILES string of the molecule is CC(C)(C)CC(C)(C)NC(=O)C(O)C(COCc1ccccc1)NC(=O)C(CC1CCCCC1)NC(=O)N1CCOCC1. The molecule has 2 fully saturated rings. The van der Waals surface area contributed by atoms with Crippen LogP contribution in [0.4, 0.5) is 4.79 Å². The van der Waals surface area contributed by atoms with Gasteiger partial charge in [0.1, 0.15) is 6.04 Å². The molecular weight excluding hydrogens is 548 g/mol. The van der Waals surface area contributed by atoms with Gasteiger partial charge in [0.15, 0.2) is 6.10 Å². The van der Waals surface area contributed by atoms with E-state index >= 15 is 0 Å². The van der Waals surface area contributed by atoms with E-state index < -0.39 is 35.5 Å². The monoisotopic (exact) mass is 602 g/mol. The third-order valence-electron chi connectivity index (χ3n) is 8.03. The fraction of sp³-hybridized carbons (Fsp3) is 0.727. The molecule has 1 saturated heterocycles. The second-order valence-corrected chi connectivity index (χ2v) is 14.0. The van der Waals surface area contributed by atoms with Gasteiger partial charge in [-0.15, -0.1) is 0 Å². The second-order valence-electron chi connectivity index (χ2n) is 14.0. The molecule has 4 amide bonds. The summed E-state index contributed by atoms with van der Waals surface area (Å²) in [6, 6.07) is 7.45. The second kappa shape index (κ2) is 16.4. The number of morpholine rings is 1. The van der Waals surface area contributed by atoms with Crippen LogP contribution >= 0.6 is 0 Å². The smallest absolute Gasteiger partial charge is 0.318 e. The van der Waals surface area contributed by atoms with E-state index in [4.69, 9.17) is 9.47 Å². The fourth-order valence-electron chi connectivity index (χ4n) is 6.33. The molecule has 1 aromatic rings. The Morgan fingerprint density at radius 2 is 1.63 bits per heavy atom. The number of benzene rings is 1. The van der Waals surface area contributed by atoms with Crippen molar-refractivity contribution in [2.24, 2.45) is 11.3 Å². The van der Waals surface area contributed by atoms with E-state index in [0.29, 0.717) is 45.1 Å². The molecule has 0 spiro atoms. The first-order valence-corrected chi connectivity index (χ1v) is 15.9. The number of aliphatic hydroxyl groups is 1. The highest BCUT2D eigenvalue weighted by molar-refractivity contribution is 5.88. The van der Waals surface area contributed by atoms with Gasteiger partial charge in [-0.2, -0.15) is 0 Å². The molecule has 1 aliphatic heterocycles. The topological polar surface area (TPSA) is 129 Å². The summed E-state index contributed by atoms with van der Waals surface area (Å²) < 4.78 is 11.3. The van der Waals surface area contributed by atoms with Gasteiger partial charge in [-0.05, 0) is 43.6 Å². The molecule has 1 aromatic carbocycles. The first kappa shape index (κ1) is 34.8. The lowest BCUT2D eigenvalue weighted by Gasteiger charge is -2.35. The molecule has 1 aliphatic carbocycles. The molecule has 0 radical (unpaired) electrons. The minimum atomic E-state index is -1.55. The van der Waals surface area contributed by atoms with E-state index in [-0.39, 0.29) is 24.7 Å². The van der Waals surface area contributed by atoms with Gasteiger partial charge in [-0.1, -0.05) is 83.2 Å². The Morgan fingerprint density at radius 1 is 0.977 bits per heavy atom. The number of ether oxygens (including phenoxy) is 2. The fourth-order valence-corrected chi connectivity index (χ4v) is 6.33. The number of hydrogen-bond acceptors (Lipinski definition) is 6. The summed E-state index contributed by atoms with van der Waals surface area (Å²) in [6.07, 6.45) is 5.05. The maximum absolute atomic E-state index is 13.8. The van der Waals surface area contributed by atoms with Crippen LogP contribution in [-0.2, 0) is 25.7 Å². The highest BCUT2D eigenvalue weighted by atomic mass is 16.5. The molecule has 3 unspecified atom stereocenters. The highest BCUT2D eigenvalue weighted by Gasteiger charge is 2.36. The lowest BCUT2D eigenvalue weighted by Crippen LogP contribution is -2.60. The first-order valence-electron chi connectivity index (χ1n) is 15.9. The molecule has 3 rings (SSSR count). The zero-order valence-electron chi connectivity index (χ0n) is 26.8. The van der Waals surface area contributed by atoms with Gasteiger partial charge in [-0.3, -0.25) is 9.59 Å². The first-order chi connectivity index (χ1) is 20.3. The number of amides is 4. The van der Waals surface area contributed by atoms with Gasteiger partial charge in [0, 0.05) is 18.6 Å². The van der Waals surface area contributed by atoms with Crippen LogP contribution in [0.2, 0.25) is 0 Å². The standard InChI is InChI=1S/C33H54N4O6/c1-32(2,3)23-33(4,5)36-30(40)28(38)27(22-43-21-25-14-10-7-11-15-25)34-29(39)26(20-24-12-8-6-9-13-24)35-31(41)37-16-18-42-19-17-37/h7,10-11,14-15,24,26-28,38H,6,8-9,12-13,16-23H2,1-5H3,(H,34,39)(H,35,41)(H,36,40). The predicted molar refractivity (Wildman–Crippen MR) is 166 cm³/mol. The van der Waals surface area contributed by atoms with Gasteiger partial charge in [0.05, 0.1) is 32.5 Å². The molecule has 0 aromatic heterocycles. The molecule has 43 heavy (non-hydrogen) atoms. The van der Waals surface area contributed by atoms with Crippen LogP contribution in [0, 0.1) is 11.3 Å². The number of rotatable bonds is 13. The summed E-state index contributed by atoms with van der Waals surface area (Å²) in [4.78, 5) is 41.9. The van der Waals surface area contributed by atoms with Crippen molar-refractivity contribution in [2.75, 3.05) is 32.9 Å². The summed E-state index contributed by atoms with van der Waals surface area (Å²) in [5.41, 5.74) is 0.315. The van der Waals surface area contributed by atoms with E-state index in [0.717, 1.165) is 31.2 Å². The number of nitrogens with one attached hydrogen (secondary N) is 3. The lowest BCUT2D eigenvalue weighted by atomic mass is 9.81. The van der Waals surface area contributed by atoms with Gasteiger partial charge in [0.2, 0.25) is 5.91 Å². The Balaban J connectivity index is 1.74. The lowest BCUT2D eigenvalue weighted by molar-refractivity contribution is -0.135. The summed E-state index contributed by atoms with van der Waals surface area (Å²) in [7, 11) is 0. The van der Waals surface area contributed by atoms with Gasteiger partial charge in [0.25, 0.3) is 5.91 Å². The minimum Gasteiger partial charge on any atom is -0.381 e. The zero-order chi connectivity index (χ0) is 31.5. The van der Waals surface area contributed by atoms with Crippen molar-refractivity contribution >= 4 is 17.8 Å². The highest BCUT2D eigenvalue weighted by Crippen LogP contribution is 2.28. The number of carbonyl (C=O) groups is 3. The van der Waals surface area contributed by atoms with Gasteiger partial charge in [-0.25, -0.2) is 4.79 Å². The summed E-state index contributed by atoms with van der Waals surface area (Å²) in [5, 5.41) is 20.1. The molecule has 4 N–H and O–H groups in total. The van der Waals surface area contributed by atoms with Crippen molar-refractivity contribution < 1.29 is 29.0 Å². The van der Waals surface area contributed by atoms with Crippen LogP contribution in [0.15, 0.2) is 30.3 Å². The van der Waals surface area contributed by atoms with Crippen LogP contribution < -0.4 is 16.0 Å². The molecule has 2 aliphatic rings. The average molecular weight is 603 g/mol. The third-order valence-corrected chi connectivity index (χ3v) is 8.03. The largest absolute Gasteiger partial charge is 0.381 e. The number of nitrogens with zero attached hydrogens (tertiary/aromatic N) is 1. The maximum Gasteiger partial charge on any atom is 0.318 e. The Hall–Kier alpha value is -2.69. The third kappa shape index (κ3) is 12.4. The molecular formula is C33H54N4O6. The van der Waals surface area contributed by atoms with Crippen molar-refractivity contribution in [3.63, 3.8) is 0 Å². The maximum atomic E-state index is 13.8. The quantitative estimate of drug-likeness (QED) is 0.272. The Bertz CT molecular complexity index is 1020. The van der Waals surface area contributed by atoms with E-state index in [1.807, 2.05) is 44.2 Å². The Morgan fingerprint density at radius 3 is 2.26 bits per heavy atom. The van der Waals surface area contributed by atoms with Crippen molar-refractivity contribution in [2.45, 2.75) is 110 Å².